The van der Waals surface area contributed by atoms with Gasteiger partial charge in [-0.3, -0.25) is 0 Å². The molecule has 3 N–H and O–H groups in total. The first-order chi connectivity index (χ1) is 10.1. The topological polar surface area (TPSA) is 78.4 Å². The summed E-state index contributed by atoms with van der Waals surface area (Å²) < 4.78 is 0. The molecule has 1 aromatic carbocycles. The molecule has 0 aliphatic carbocycles. The van der Waals surface area contributed by atoms with Crippen molar-refractivity contribution in [3.05, 3.63) is 35.9 Å². The van der Waals surface area contributed by atoms with Crippen molar-refractivity contribution in [3.63, 3.8) is 0 Å². The molecule has 0 aliphatic heterocycles. The van der Waals surface area contributed by atoms with Crippen molar-refractivity contribution >= 4 is 12.0 Å². The van der Waals surface area contributed by atoms with Crippen LogP contribution in [0, 0.1) is 0 Å². The first-order valence-electron chi connectivity index (χ1n) is 7.44. The van der Waals surface area contributed by atoms with E-state index in [1.165, 1.54) is 0 Å². The van der Waals surface area contributed by atoms with Crippen molar-refractivity contribution in [2.75, 3.05) is 6.54 Å². The number of benzene rings is 1. The van der Waals surface area contributed by atoms with E-state index < -0.39 is 18.0 Å². The predicted molar refractivity (Wildman–Crippen MR) is 82.2 cm³/mol. The minimum absolute atomic E-state index is 0.277. The largest absolute Gasteiger partial charge is 0.480 e. The molecule has 116 valence electrons. The van der Waals surface area contributed by atoms with Crippen LogP contribution in [0.2, 0.25) is 0 Å². The maximum atomic E-state index is 11.7. The molecule has 1 rings (SSSR count). The highest BCUT2D eigenvalue weighted by Gasteiger charge is 2.19. The zero-order valence-corrected chi connectivity index (χ0v) is 12.5. The van der Waals surface area contributed by atoms with Gasteiger partial charge in [-0.2, -0.15) is 0 Å². The Hall–Kier alpha value is -2.04. The molecule has 0 unspecified atom stereocenters. The van der Waals surface area contributed by atoms with E-state index >= 15 is 0 Å². The number of urea groups is 1. The lowest BCUT2D eigenvalue weighted by Crippen LogP contribution is -2.47. The van der Waals surface area contributed by atoms with Crippen LogP contribution in [0.5, 0.6) is 0 Å². The number of hydrogen-bond acceptors (Lipinski definition) is 2. The van der Waals surface area contributed by atoms with Gasteiger partial charge in [-0.05, 0) is 12.0 Å². The maximum Gasteiger partial charge on any atom is 0.326 e. The number of carboxylic acids is 1. The quantitative estimate of drug-likeness (QED) is 0.612. The summed E-state index contributed by atoms with van der Waals surface area (Å²) >= 11 is 0. The number of unbranched alkanes of at least 4 members (excludes halogenated alkanes) is 3. The summed E-state index contributed by atoms with van der Waals surface area (Å²) in [6, 6.07) is 7.93. The summed E-state index contributed by atoms with van der Waals surface area (Å²) in [6.45, 7) is 2.70. The number of amides is 2. The minimum Gasteiger partial charge on any atom is -0.480 e. The highest BCUT2D eigenvalue weighted by Crippen LogP contribution is 2.03. The Morgan fingerprint density at radius 3 is 2.48 bits per heavy atom. The Morgan fingerprint density at radius 2 is 1.86 bits per heavy atom. The van der Waals surface area contributed by atoms with Gasteiger partial charge in [0, 0.05) is 13.0 Å². The van der Waals surface area contributed by atoms with Gasteiger partial charge in [-0.1, -0.05) is 56.5 Å². The van der Waals surface area contributed by atoms with E-state index in [4.69, 9.17) is 0 Å². The number of rotatable bonds is 9. The van der Waals surface area contributed by atoms with Crippen molar-refractivity contribution in [2.45, 2.75) is 45.1 Å². The third kappa shape index (κ3) is 7.34. The van der Waals surface area contributed by atoms with Gasteiger partial charge in [0.05, 0.1) is 0 Å². The molecule has 1 aromatic rings. The number of nitrogens with one attached hydrogen (secondary N) is 2. The standard InChI is InChI=1S/C16H24N2O3/c1-2-3-4-8-11-17-16(21)18-14(15(19)20)12-13-9-6-5-7-10-13/h5-7,9-10,14H,2-4,8,11-12H2,1H3,(H,19,20)(H2,17,18,21)/t14-/m0/s1. The molecule has 1 atom stereocenters. The number of carboxylic acid groups (broad SMARTS) is 1. The molecule has 2 amide bonds. The molecule has 0 fully saturated rings. The van der Waals surface area contributed by atoms with Crippen LogP contribution in [-0.4, -0.2) is 29.7 Å². The van der Waals surface area contributed by atoms with Crippen LogP contribution in [0.15, 0.2) is 30.3 Å². The van der Waals surface area contributed by atoms with Crippen molar-refractivity contribution < 1.29 is 14.7 Å². The van der Waals surface area contributed by atoms with Gasteiger partial charge in [-0.25, -0.2) is 9.59 Å². The second-order valence-electron chi connectivity index (χ2n) is 5.04. The maximum absolute atomic E-state index is 11.7. The summed E-state index contributed by atoms with van der Waals surface area (Å²) in [5.41, 5.74) is 0.883. The SMILES string of the molecule is CCCCCCNC(=O)N[C@@H](Cc1ccccc1)C(=O)O. The average molecular weight is 292 g/mol. The Labute approximate surface area is 125 Å². The normalized spacial score (nSPS) is 11.7. The molecule has 0 radical (unpaired) electrons. The minimum atomic E-state index is -1.03. The Morgan fingerprint density at radius 1 is 1.14 bits per heavy atom. The molecule has 5 heteroatoms. The summed E-state index contributed by atoms with van der Waals surface area (Å²) in [7, 11) is 0. The van der Waals surface area contributed by atoms with E-state index in [0.717, 1.165) is 31.2 Å². The fraction of sp³-hybridized carbons (Fsp3) is 0.500. The van der Waals surface area contributed by atoms with Crippen molar-refractivity contribution in [2.24, 2.45) is 0 Å². The lowest BCUT2D eigenvalue weighted by molar-refractivity contribution is -0.139. The lowest BCUT2D eigenvalue weighted by atomic mass is 10.1. The van der Waals surface area contributed by atoms with Crippen LogP contribution in [-0.2, 0) is 11.2 Å². The van der Waals surface area contributed by atoms with E-state index in [1.807, 2.05) is 30.3 Å². The Kier molecular flexibility index (Phi) is 7.94. The number of hydrogen-bond donors (Lipinski definition) is 3. The summed E-state index contributed by atoms with van der Waals surface area (Å²) in [5, 5.41) is 14.4. The highest BCUT2D eigenvalue weighted by molar-refractivity contribution is 5.82. The van der Waals surface area contributed by atoms with Gasteiger partial charge < -0.3 is 15.7 Å². The zero-order valence-electron chi connectivity index (χ0n) is 12.5. The van der Waals surface area contributed by atoms with Crippen molar-refractivity contribution in [1.82, 2.24) is 10.6 Å². The first kappa shape index (κ1) is 17.0. The second-order valence-corrected chi connectivity index (χ2v) is 5.04. The molecule has 0 saturated heterocycles. The molecule has 0 heterocycles. The van der Waals surface area contributed by atoms with E-state index in [0.29, 0.717) is 6.54 Å². The first-order valence-corrected chi connectivity index (χ1v) is 7.44. The van der Waals surface area contributed by atoms with Crippen LogP contribution in [0.25, 0.3) is 0 Å². The predicted octanol–water partition coefficient (Wildman–Crippen LogP) is 2.56. The monoisotopic (exact) mass is 292 g/mol. The van der Waals surface area contributed by atoms with E-state index in [9.17, 15) is 14.7 Å². The highest BCUT2D eigenvalue weighted by atomic mass is 16.4. The van der Waals surface area contributed by atoms with Gasteiger partial charge in [0.2, 0.25) is 0 Å². The van der Waals surface area contributed by atoms with E-state index in [-0.39, 0.29) is 6.42 Å². The van der Waals surface area contributed by atoms with Crippen LogP contribution in [0.3, 0.4) is 0 Å². The third-order valence-corrected chi connectivity index (χ3v) is 3.20. The summed E-state index contributed by atoms with van der Waals surface area (Å²) in [4.78, 5) is 22.9. The van der Waals surface area contributed by atoms with Crippen LogP contribution < -0.4 is 10.6 Å². The van der Waals surface area contributed by atoms with Crippen LogP contribution >= 0.6 is 0 Å². The molecular formula is C16H24N2O3. The van der Waals surface area contributed by atoms with Gasteiger partial charge >= 0.3 is 12.0 Å². The molecule has 0 saturated carbocycles. The fourth-order valence-electron chi connectivity index (χ4n) is 2.01. The van der Waals surface area contributed by atoms with Crippen molar-refractivity contribution in [1.29, 1.82) is 0 Å². The fourth-order valence-corrected chi connectivity index (χ4v) is 2.01. The molecule has 5 nitrogen and oxygen atoms in total. The van der Waals surface area contributed by atoms with Gasteiger partial charge in [0.1, 0.15) is 6.04 Å². The van der Waals surface area contributed by atoms with Gasteiger partial charge in [0.15, 0.2) is 0 Å². The van der Waals surface area contributed by atoms with E-state index in [2.05, 4.69) is 17.6 Å². The molecule has 0 spiro atoms. The average Bonchev–Trinajstić information content (AvgIpc) is 2.47. The third-order valence-electron chi connectivity index (χ3n) is 3.20. The Bertz CT molecular complexity index is 434. The smallest absolute Gasteiger partial charge is 0.326 e. The number of carbonyl (C=O) groups excluding carboxylic acids is 1. The van der Waals surface area contributed by atoms with Crippen LogP contribution in [0.4, 0.5) is 4.79 Å². The number of aliphatic carboxylic acids is 1. The van der Waals surface area contributed by atoms with Crippen LogP contribution in [0.1, 0.15) is 38.2 Å². The molecule has 0 aliphatic rings. The molecule has 0 bridgehead atoms. The summed E-state index contributed by atoms with van der Waals surface area (Å²) in [5.74, 6) is -1.03. The number of carbonyl (C=O) groups is 2. The molecule has 0 aromatic heterocycles. The van der Waals surface area contributed by atoms with E-state index in [1.54, 1.807) is 0 Å². The molecular weight excluding hydrogens is 268 g/mol. The molecule has 21 heavy (non-hydrogen) atoms. The lowest BCUT2D eigenvalue weighted by Gasteiger charge is -2.15. The van der Waals surface area contributed by atoms with Gasteiger partial charge in [0.25, 0.3) is 0 Å². The second kappa shape index (κ2) is 9.80. The zero-order chi connectivity index (χ0) is 15.5. The van der Waals surface area contributed by atoms with Crippen molar-refractivity contribution in [3.8, 4) is 0 Å². The van der Waals surface area contributed by atoms with Gasteiger partial charge in [-0.15, -0.1) is 0 Å². The summed E-state index contributed by atoms with van der Waals surface area (Å²) in [6.07, 6.45) is 4.56. The Balaban J connectivity index is 2.36.